The third-order valence-corrected chi connectivity index (χ3v) is 4.81. The summed E-state index contributed by atoms with van der Waals surface area (Å²) in [5.41, 5.74) is 1.10. The molecule has 158 valence electrons. The van der Waals surface area contributed by atoms with Crippen molar-refractivity contribution in [1.82, 2.24) is 5.32 Å². The fourth-order valence-electron chi connectivity index (χ4n) is 3.14. The van der Waals surface area contributed by atoms with Gasteiger partial charge >= 0.3 is 0 Å². The van der Waals surface area contributed by atoms with Crippen LogP contribution in [0.5, 0.6) is 0 Å². The summed E-state index contributed by atoms with van der Waals surface area (Å²) in [7, 11) is 0. The number of rotatable bonds is 6. The van der Waals surface area contributed by atoms with Crippen molar-refractivity contribution in [1.29, 1.82) is 0 Å². The summed E-state index contributed by atoms with van der Waals surface area (Å²) in [6, 6.07) is 4.95. The van der Waals surface area contributed by atoms with Gasteiger partial charge in [0.1, 0.15) is 11.7 Å². The third kappa shape index (κ3) is 4.73. The lowest BCUT2D eigenvalue weighted by atomic mass is 9.95. The van der Waals surface area contributed by atoms with Gasteiger partial charge in [-0.2, -0.15) is 0 Å². The quantitative estimate of drug-likeness (QED) is 0.278. The molecule has 0 bridgehead atoms. The number of benzene rings is 2. The van der Waals surface area contributed by atoms with E-state index in [2.05, 4.69) is 20.8 Å². The van der Waals surface area contributed by atoms with Gasteiger partial charge in [-0.1, -0.05) is 22.8 Å². The molecule has 0 saturated heterocycles. The highest BCUT2D eigenvalue weighted by Gasteiger charge is 2.28. The SMILES string of the molecule is CC(=O)NCCN=C1Cc2c(/C(Cc3ccc(F)c(Cl)c3)=N/O)cc(F)c(F)c2N1. The van der Waals surface area contributed by atoms with Gasteiger partial charge in [0, 0.05) is 31.9 Å². The highest BCUT2D eigenvalue weighted by molar-refractivity contribution is 6.30. The van der Waals surface area contributed by atoms with Crippen molar-refractivity contribution in [3.05, 3.63) is 63.4 Å². The molecule has 0 fully saturated rings. The van der Waals surface area contributed by atoms with Gasteiger partial charge in [-0.25, -0.2) is 13.2 Å². The second-order valence-corrected chi connectivity index (χ2v) is 7.07. The van der Waals surface area contributed by atoms with E-state index >= 15 is 0 Å². The topological polar surface area (TPSA) is 86.1 Å². The van der Waals surface area contributed by atoms with E-state index in [9.17, 15) is 23.2 Å². The number of carbonyl (C=O) groups excluding carboxylic acids is 1. The first-order valence-electron chi connectivity index (χ1n) is 9.01. The maximum Gasteiger partial charge on any atom is 0.216 e. The molecule has 2 aromatic rings. The first-order valence-corrected chi connectivity index (χ1v) is 9.38. The minimum atomic E-state index is -1.12. The predicted octanol–water partition coefficient (Wildman–Crippen LogP) is 3.68. The zero-order valence-electron chi connectivity index (χ0n) is 15.9. The van der Waals surface area contributed by atoms with Crippen LogP contribution in [0.15, 0.2) is 34.4 Å². The Balaban J connectivity index is 1.89. The number of amidine groups is 1. The van der Waals surface area contributed by atoms with Crippen LogP contribution in [0.4, 0.5) is 18.9 Å². The van der Waals surface area contributed by atoms with Crippen molar-refractivity contribution in [3.63, 3.8) is 0 Å². The summed E-state index contributed by atoms with van der Waals surface area (Å²) in [5.74, 6) is -2.58. The molecule has 0 spiro atoms. The lowest BCUT2D eigenvalue weighted by Gasteiger charge is -2.11. The van der Waals surface area contributed by atoms with Crippen LogP contribution in [0.25, 0.3) is 0 Å². The van der Waals surface area contributed by atoms with Gasteiger partial charge in [0.05, 0.1) is 23.0 Å². The number of hydrogen-bond donors (Lipinski definition) is 3. The summed E-state index contributed by atoms with van der Waals surface area (Å²) in [6.07, 6.45) is 0.175. The summed E-state index contributed by atoms with van der Waals surface area (Å²) in [5, 5.41) is 18.0. The molecule has 0 atom stereocenters. The molecule has 2 aromatic carbocycles. The Bertz CT molecular complexity index is 1060. The first kappa shape index (κ1) is 21.6. The highest BCUT2D eigenvalue weighted by Crippen LogP contribution is 2.33. The molecule has 0 aliphatic carbocycles. The molecule has 1 aliphatic heterocycles. The molecule has 6 nitrogen and oxygen atoms in total. The Labute approximate surface area is 175 Å². The number of fused-ring (bicyclic) bond motifs is 1. The second kappa shape index (κ2) is 9.17. The number of halogens is 4. The lowest BCUT2D eigenvalue weighted by Crippen LogP contribution is -2.23. The minimum absolute atomic E-state index is 0.0169. The van der Waals surface area contributed by atoms with Crippen molar-refractivity contribution in [2.24, 2.45) is 10.1 Å². The molecular formula is C20H18ClF3N4O2. The summed E-state index contributed by atoms with van der Waals surface area (Å²) >= 11 is 5.79. The van der Waals surface area contributed by atoms with E-state index in [1.54, 1.807) is 0 Å². The van der Waals surface area contributed by atoms with Crippen LogP contribution >= 0.6 is 11.6 Å². The van der Waals surface area contributed by atoms with Crippen LogP contribution in [-0.4, -0.2) is 35.8 Å². The number of carbonyl (C=O) groups is 1. The lowest BCUT2D eigenvalue weighted by molar-refractivity contribution is -0.118. The van der Waals surface area contributed by atoms with Crippen LogP contribution in [-0.2, 0) is 17.6 Å². The van der Waals surface area contributed by atoms with Crippen molar-refractivity contribution >= 4 is 34.7 Å². The van der Waals surface area contributed by atoms with Crippen LogP contribution in [0.2, 0.25) is 5.02 Å². The fraction of sp³-hybridized carbons (Fsp3) is 0.250. The molecule has 3 N–H and O–H groups in total. The van der Waals surface area contributed by atoms with E-state index in [-0.39, 0.29) is 47.3 Å². The Morgan fingerprint density at radius 3 is 2.70 bits per heavy atom. The van der Waals surface area contributed by atoms with Gasteiger partial charge in [0.25, 0.3) is 0 Å². The first-order chi connectivity index (χ1) is 14.3. The van der Waals surface area contributed by atoms with E-state index in [1.165, 1.54) is 25.1 Å². The Morgan fingerprint density at radius 1 is 1.27 bits per heavy atom. The van der Waals surface area contributed by atoms with E-state index in [4.69, 9.17) is 11.6 Å². The molecule has 0 unspecified atom stereocenters. The van der Waals surface area contributed by atoms with E-state index in [0.29, 0.717) is 23.5 Å². The molecule has 0 radical (unpaired) electrons. The zero-order chi connectivity index (χ0) is 21.8. The molecule has 1 aliphatic rings. The van der Waals surface area contributed by atoms with E-state index in [1.807, 2.05) is 0 Å². The number of aliphatic imine (C=N–C) groups is 1. The molecule has 1 heterocycles. The Hall–Kier alpha value is -3.07. The smallest absolute Gasteiger partial charge is 0.216 e. The number of amides is 1. The van der Waals surface area contributed by atoms with Crippen LogP contribution in [0, 0.1) is 17.5 Å². The molecule has 3 rings (SSSR count). The van der Waals surface area contributed by atoms with Gasteiger partial charge in [0.15, 0.2) is 11.6 Å². The molecule has 0 aromatic heterocycles. The highest BCUT2D eigenvalue weighted by atomic mass is 35.5. The molecular weight excluding hydrogens is 421 g/mol. The summed E-state index contributed by atoms with van der Waals surface area (Å²) < 4.78 is 41.9. The number of nitrogens with zero attached hydrogens (tertiary/aromatic N) is 2. The van der Waals surface area contributed by atoms with Crippen LogP contribution in [0.1, 0.15) is 23.6 Å². The number of anilines is 1. The van der Waals surface area contributed by atoms with Gasteiger partial charge in [-0.15, -0.1) is 0 Å². The maximum atomic E-state index is 14.3. The van der Waals surface area contributed by atoms with Crippen molar-refractivity contribution in [2.45, 2.75) is 19.8 Å². The molecule has 10 heteroatoms. The summed E-state index contributed by atoms with van der Waals surface area (Å²) in [6.45, 7) is 1.94. The number of hydrogen-bond acceptors (Lipinski definition) is 4. The Kier molecular flexibility index (Phi) is 6.61. The van der Waals surface area contributed by atoms with E-state index < -0.39 is 17.5 Å². The molecule has 0 saturated carbocycles. The third-order valence-electron chi connectivity index (χ3n) is 4.52. The predicted molar refractivity (Wildman–Crippen MR) is 108 cm³/mol. The zero-order valence-corrected chi connectivity index (χ0v) is 16.7. The average molecular weight is 439 g/mol. The number of oxime groups is 1. The molecule has 30 heavy (non-hydrogen) atoms. The minimum Gasteiger partial charge on any atom is -0.411 e. The summed E-state index contributed by atoms with van der Waals surface area (Å²) in [4.78, 5) is 15.2. The molecule has 1 amide bonds. The van der Waals surface area contributed by atoms with Gasteiger partial charge in [-0.3, -0.25) is 9.79 Å². The van der Waals surface area contributed by atoms with Crippen molar-refractivity contribution < 1.29 is 23.2 Å². The maximum absolute atomic E-state index is 14.3. The second-order valence-electron chi connectivity index (χ2n) is 6.66. The average Bonchev–Trinajstić information content (AvgIpc) is 3.13. The largest absolute Gasteiger partial charge is 0.411 e. The number of nitrogens with one attached hydrogen (secondary N) is 2. The van der Waals surface area contributed by atoms with Gasteiger partial charge in [0.2, 0.25) is 5.91 Å². The van der Waals surface area contributed by atoms with Gasteiger partial charge < -0.3 is 15.8 Å². The van der Waals surface area contributed by atoms with Crippen LogP contribution < -0.4 is 10.6 Å². The van der Waals surface area contributed by atoms with Crippen LogP contribution in [0.3, 0.4) is 0 Å². The Morgan fingerprint density at radius 2 is 2.03 bits per heavy atom. The van der Waals surface area contributed by atoms with Crippen molar-refractivity contribution in [2.75, 3.05) is 18.4 Å². The fourth-order valence-corrected chi connectivity index (χ4v) is 3.34. The monoisotopic (exact) mass is 438 g/mol. The normalized spacial score (nSPS) is 14.6. The van der Waals surface area contributed by atoms with Gasteiger partial charge in [-0.05, 0) is 29.3 Å². The van der Waals surface area contributed by atoms with E-state index in [0.717, 1.165) is 6.07 Å². The standard InChI is InChI=1S/C20H18ClF3N4O2/c1-10(29)25-4-5-26-18-9-13-12(8-16(23)19(24)20(13)27-18)17(28-30)7-11-2-3-15(22)14(21)6-11/h2-3,6,8,30H,4-5,7,9H2,1H3,(H,25,29)(H,26,27)/b28-17+. The van der Waals surface area contributed by atoms with Crippen molar-refractivity contribution in [3.8, 4) is 0 Å².